The molecule has 2 N–H and O–H groups in total. The van der Waals surface area contributed by atoms with Gasteiger partial charge in [-0.25, -0.2) is 17.9 Å². The third-order valence-corrected chi connectivity index (χ3v) is 4.59. The minimum absolute atomic E-state index is 0.0348. The number of hydrogen-bond donors (Lipinski definition) is 2. The van der Waals surface area contributed by atoms with Crippen molar-refractivity contribution in [1.82, 2.24) is 14.9 Å². The van der Waals surface area contributed by atoms with E-state index in [0.29, 0.717) is 6.54 Å². The second-order valence-electron chi connectivity index (χ2n) is 5.24. The van der Waals surface area contributed by atoms with Crippen molar-refractivity contribution in [2.45, 2.75) is 33.4 Å². The van der Waals surface area contributed by atoms with Crippen LogP contribution >= 0.6 is 0 Å². The Morgan fingerprint density at radius 1 is 1.18 bits per heavy atom. The molecule has 6 nitrogen and oxygen atoms in total. The van der Waals surface area contributed by atoms with Crippen LogP contribution in [-0.2, 0) is 16.6 Å². The lowest BCUT2D eigenvalue weighted by molar-refractivity contribution is 0.180. The quantitative estimate of drug-likeness (QED) is 0.711. The van der Waals surface area contributed by atoms with Crippen LogP contribution in [-0.4, -0.2) is 44.2 Å². The van der Waals surface area contributed by atoms with E-state index < -0.39 is 10.0 Å². The summed E-state index contributed by atoms with van der Waals surface area (Å²) in [5.74, 6) is 0.0348. The number of nitrogens with one attached hydrogen (secondary N) is 2. The van der Waals surface area contributed by atoms with Crippen molar-refractivity contribution in [3.8, 4) is 0 Å². The van der Waals surface area contributed by atoms with Crippen LogP contribution in [0.2, 0.25) is 0 Å². The highest BCUT2D eigenvalue weighted by Gasteiger charge is 2.16. The van der Waals surface area contributed by atoms with Crippen molar-refractivity contribution >= 4 is 16.1 Å². The first-order valence-electron chi connectivity index (χ1n) is 7.41. The molecule has 22 heavy (non-hydrogen) atoms. The Labute approximate surface area is 132 Å². The summed E-state index contributed by atoms with van der Waals surface area (Å²) in [6.07, 6.45) is 0. The molecule has 0 unspecified atom stereocenters. The number of carbonyl (C=O) groups excluding carboxylic acids is 1. The molecule has 0 atom stereocenters. The minimum Gasteiger partial charge on any atom is -0.337 e. The predicted octanol–water partition coefficient (Wildman–Crippen LogP) is 1.55. The predicted molar refractivity (Wildman–Crippen MR) is 88.0 cm³/mol. The Balaban J connectivity index is 2.49. The second-order valence-corrected chi connectivity index (χ2v) is 7.33. The van der Waals surface area contributed by atoms with E-state index >= 15 is 0 Å². The number of benzene rings is 1. The zero-order valence-electron chi connectivity index (χ0n) is 13.4. The molecule has 0 fully saturated rings. The van der Waals surface area contributed by atoms with Gasteiger partial charge in [0.1, 0.15) is 0 Å². The Kier molecular flexibility index (Phi) is 7.34. The maximum atomic E-state index is 12.2. The number of carbonyl (C=O) groups is 1. The van der Waals surface area contributed by atoms with E-state index in [4.69, 9.17) is 0 Å². The number of rotatable bonds is 8. The monoisotopic (exact) mass is 327 g/mol. The van der Waals surface area contributed by atoms with Crippen molar-refractivity contribution in [3.05, 3.63) is 35.9 Å². The number of nitrogens with zero attached hydrogens (tertiary/aromatic N) is 1. The molecule has 0 aliphatic heterocycles. The van der Waals surface area contributed by atoms with Crippen molar-refractivity contribution < 1.29 is 13.2 Å². The smallest absolute Gasteiger partial charge is 0.317 e. The van der Waals surface area contributed by atoms with Crippen LogP contribution in [0.25, 0.3) is 0 Å². The van der Waals surface area contributed by atoms with E-state index in [0.717, 1.165) is 5.56 Å². The van der Waals surface area contributed by atoms with Crippen LogP contribution in [0, 0.1) is 0 Å². The van der Waals surface area contributed by atoms with E-state index in [1.165, 1.54) is 0 Å². The third-order valence-electron chi connectivity index (χ3n) is 3.18. The third kappa shape index (κ3) is 6.44. The molecular weight excluding hydrogens is 302 g/mol. The highest BCUT2D eigenvalue weighted by molar-refractivity contribution is 7.89. The first kappa shape index (κ1) is 18.4. The molecule has 2 amide bonds. The first-order valence-corrected chi connectivity index (χ1v) is 9.06. The summed E-state index contributed by atoms with van der Waals surface area (Å²) in [7, 11) is -3.22. The molecule has 7 heteroatoms. The molecule has 1 rings (SSSR count). The molecule has 1 aromatic carbocycles. The lowest BCUT2D eigenvalue weighted by atomic mass is 10.2. The van der Waals surface area contributed by atoms with E-state index in [9.17, 15) is 13.2 Å². The topological polar surface area (TPSA) is 78.5 Å². The molecule has 0 heterocycles. The van der Waals surface area contributed by atoms with Crippen molar-refractivity contribution in [1.29, 1.82) is 0 Å². The lowest BCUT2D eigenvalue weighted by Gasteiger charge is -2.27. The highest BCUT2D eigenvalue weighted by Crippen LogP contribution is 2.08. The van der Waals surface area contributed by atoms with Crippen LogP contribution < -0.4 is 10.0 Å². The maximum absolute atomic E-state index is 12.2. The largest absolute Gasteiger partial charge is 0.337 e. The van der Waals surface area contributed by atoms with E-state index in [2.05, 4.69) is 10.0 Å². The molecule has 0 radical (unpaired) electrons. The molecule has 0 aromatic heterocycles. The SMILES string of the molecule is CCS(=O)(=O)NCCNC(=O)N(Cc1ccccc1)C(C)C. The Bertz CT molecular complexity index is 559. The van der Waals surface area contributed by atoms with Gasteiger partial charge in [0.05, 0.1) is 5.75 Å². The van der Waals surface area contributed by atoms with Gasteiger partial charge in [0.15, 0.2) is 0 Å². The number of amides is 2. The standard InChI is InChI=1S/C15H25N3O3S/c1-4-22(20,21)17-11-10-16-15(19)18(13(2)3)12-14-8-6-5-7-9-14/h5-9,13,17H,4,10-12H2,1-3H3,(H,16,19). The fourth-order valence-electron chi connectivity index (χ4n) is 1.85. The van der Waals surface area contributed by atoms with Crippen molar-refractivity contribution in [2.24, 2.45) is 0 Å². The van der Waals surface area contributed by atoms with Crippen LogP contribution in [0.3, 0.4) is 0 Å². The minimum atomic E-state index is -3.22. The van der Waals surface area contributed by atoms with Crippen LogP contribution in [0.4, 0.5) is 4.79 Å². The number of hydrogen-bond acceptors (Lipinski definition) is 3. The van der Waals surface area contributed by atoms with Gasteiger partial charge in [-0.15, -0.1) is 0 Å². The molecule has 1 aromatic rings. The van der Waals surface area contributed by atoms with Gasteiger partial charge >= 0.3 is 6.03 Å². The molecular formula is C15H25N3O3S. The molecule has 0 aliphatic carbocycles. The highest BCUT2D eigenvalue weighted by atomic mass is 32.2. The summed E-state index contributed by atoms with van der Waals surface area (Å²) >= 11 is 0. The zero-order valence-corrected chi connectivity index (χ0v) is 14.2. The van der Waals surface area contributed by atoms with Crippen LogP contribution in [0.15, 0.2) is 30.3 Å². The van der Waals surface area contributed by atoms with Gasteiger partial charge in [0, 0.05) is 25.7 Å². The fourth-order valence-corrected chi connectivity index (χ4v) is 2.47. The summed E-state index contributed by atoms with van der Waals surface area (Å²) in [5, 5.41) is 2.74. The Morgan fingerprint density at radius 3 is 2.36 bits per heavy atom. The Hall–Kier alpha value is -1.60. The van der Waals surface area contributed by atoms with Gasteiger partial charge in [-0.3, -0.25) is 0 Å². The molecule has 0 saturated heterocycles. The average Bonchev–Trinajstić information content (AvgIpc) is 2.49. The van der Waals surface area contributed by atoms with Crippen molar-refractivity contribution in [3.63, 3.8) is 0 Å². The van der Waals surface area contributed by atoms with Crippen LogP contribution in [0.5, 0.6) is 0 Å². The summed E-state index contributed by atoms with van der Waals surface area (Å²) in [6.45, 7) is 6.44. The molecule has 0 saturated carbocycles. The molecule has 0 aliphatic rings. The first-order chi connectivity index (χ1) is 10.4. The fraction of sp³-hybridized carbons (Fsp3) is 0.533. The zero-order chi connectivity index (χ0) is 16.6. The lowest BCUT2D eigenvalue weighted by Crippen LogP contribution is -2.45. The van der Waals surface area contributed by atoms with Gasteiger partial charge in [0.2, 0.25) is 10.0 Å². The normalized spacial score (nSPS) is 11.5. The molecule has 0 spiro atoms. The molecule has 124 valence electrons. The van der Waals surface area contributed by atoms with Gasteiger partial charge in [-0.2, -0.15) is 0 Å². The number of urea groups is 1. The van der Waals surface area contributed by atoms with E-state index in [1.54, 1.807) is 11.8 Å². The average molecular weight is 327 g/mol. The summed E-state index contributed by atoms with van der Waals surface area (Å²) in [4.78, 5) is 13.9. The summed E-state index contributed by atoms with van der Waals surface area (Å²) in [6, 6.07) is 9.59. The van der Waals surface area contributed by atoms with Gasteiger partial charge < -0.3 is 10.2 Å². The summed E-state index contributed by atoms with van der Waals surface area (Å²) < 4.78 is 25.0. The second kappa shape index (κ2) is 8.75. The van der Waals surface area contributed by atoms with Gasteiger partial charge in [-0.1, -0.05) is 30.3 Å². The summed E-state index contributed by atoms with van der Waals surface area (Å²) in [5.41, 5.74) is 1.05. The van der Waals surface area contributed by atoms with Crippen LogP contribution in [0.1, 0.15) is 26.3 Å². The van der Waals surface area contributed by atoms with E-state index in [-0.39, 0.29) is 30.9 Å². The maximum Gasteiger partial charge on any atom is 0.317 e. The Morgan fingerprint density at radius 2 is 1.82 bits per heavy atom. The van der Waals surface area contributed by atoms with Gasteiger partial charge in [-0.05, 0) is 26.3 Å². The van der Waals surface area contributed by atoms with E-state index in [1.807, 2.05) is 44.2 Å². The number of sulfonamides is 1. The van der Waals surface area contributed by atoms with Gasteiger partial charge in [0.25, 0.3) is 0 Å². The van der Waals surface area contributed by atoms with Crippen molar-refractivity contribution in [2.75, 3.05) is 18.8 Å². The molecule has 0 bridgehead atoms.